The second-order valence-electron chi connectivity index (χ2n) is 5.83. The summed E-state index contributed by atoms with van der Waals surface area (Å²) in [7, 11) is 0. The Hall–Kier alpha value is -0.610. The zero-order valence-electron chi connectivity index (χ0n) is 11.0. The van der Waals surface area contributed by atoms with Crippen molar-refractivity contribution in [2.24, 2.45) is 5.41 Å². The van der Waals surface area contributed by atoms with E-state index in [0.717, 1.165) is 19.6 Å². The van der Waals surface area contributed by atoms with Crippen molar-refractivity contribution < 1.29 is 9.90 Å². The van der Waals surface area contributed by atoms with Crippen LogP contribution in [-0.4, -0.2) is 59.6 Å². The predicted molar refractivity (Wildman–Crippen MR) is 67.1 cm³/mol. The first kappa shape index (κ1) is 12.8. The number of hydrogen-bond acceptors (Lipinski definition) is 3. The second-order valence-corrected chi connectivity index (χ2v) is 5.83. The van der Waals surface area contributed by atoms with E-state index < -0.39 is 5.97 Å². The molecule has 2 fully saturated rings. The van der Waals surface area contributed by atoms with Crippen LogP contribution in [0.2, 0.25) is 0 Å². The van der Waals surface area contributed by atoms with Gasteiger partial charge in [-0.15, -0.1) is 0 Å². The lowest BCUT2D eigenvalue weighted by Gasteiger charge is -2.48. The zero-order valence-corrected chi connectivity index (χ0v) is 11.0. The van der Waals surface area contributed by atoms with Gasteiger partial charge in [-0.25, -0.2) is 0 Å². The SMILES string of the molecule is CCC(C)N1CCC2(CN(CCC(=O)O)C2)C1. The number of hydrogen-bond donors (Lipinski definition) is 1. The van der Waals surface area contributed by atoms with E-state index >= 15 is 0 Å². The van der Waals surface area contributed by atoms with Crippen LogP contribution in [0.15, 0.2) is 0 Å². The molecule has 17 heavy (non-hydrogen) atoms. The van der Waals surface area contributed by atoms with Crippen LogP contribution in [-0.2, 0) is 4.79 Å². The average Bonchev–Trinajstić information content (AvgIpc) is 2.68. The highest BCUT2D eigenvalue weighted by molar-refractivity contribution is 5.66. The van der Waals surface area contributed by atoms with E-state index in [1.807, 2.05) is 0 Å². The van der Waals surface area contributed by atoms with E-state index in [4.69, 9.17) is 5.11 Å². The molecule has 0 aromatic carbocycles. The van der Waals surface area contributed by atoms with Gasteiger partial charge in [0.1, 0.15) is 0 Å². The Morgan fingerprint density at radius 1 is 1.41 bits per heavy atom. The van der Waals surface area contributed by atoms with E-state index in [0.29, 0.717) is 11.5 Å². The van der Waals surface area contributed by atoms with Crippen molar-refractivity contribution in [2.75, 3.05) is 32.7 Å². The molecule has 2 aliphatic rings. The predicted octanol–water partition coefficient (Wildman–Crippen LogP) is 1.27. The minimum absolute atomic E-state index is 0.283. The summed E-state index contributed by atoms with van der Waals surface area (Å²) in [4.78, 5) is 15.4. The maximum absolute atomic E-state index is 10.5. The van der Waals surface area contributed by atoms with Gasteiger partial charge in [-0.3, -0.25) is 9.69 Å². The Morgan fingerprint density at radius 3 is 2.71 bits per heavy atom. The molecular formula is C13H24N2O2. The first-order valence-corrected chi connectivity index (χ1v) is 6.73. The molecule has 0 radical (unpaired) electrons. The molecule has 2 rings (SSSR count). The van der Waals surface area contributed by atoms with E-state index in [1.165, 1.54) is 25.9 Å². The highest BCUT2D eigenvalue weighted by Crippen LogP contribution is 2.40. The molecular weight excluding hydrogens is 216 g/mol. The highest BCUT2D eigenvalue weighted by atomic mass is 16.4. The summed E-state index contributed by atoms with van der Waals surface area (Å²) < 4.78 is 0. The molecule has 2 aliphatic heterocycles. The third-order valence-electron chi connectivity index (χ3n) is 4.44. The normalized spacial score (nSPS) is 26.0. The molecule has 0 bridgehead atoms. The second kappa shape index (κ2) is 4.94. The minimum Gasteiger partial charge on any atom is -0.481 e. The molecule has 1 N–H and O–H groups in total. The van der Waals surface area contributed by atoms with Crippen LogP contribution in [0.3, 0.4) is 0 Å². The molecule has 0 saturated carbocycles. The maximum Gasteiger partial charge on any atom is 0.304 e. The van der Waals surface area contributed by atoms with Crippen LogP contribution in [0.1, 0.15) is 33.1 Å². The lowest BCUT2D eigenvalue weighted by Crippen LogP contribution is -2.58. The van der Waals surface area contributed by atoms with Gasteiger partial charge >= 0.3 is 5.97 Å². The Bertz CT molecular complexity index is 287. The van der Waals surface area contributed by atoms with Gasteiger partial charge in [0.05, 0.1) is 6.42 Å². The summed E-state index contributed by atoms with van der Waals surface area (Å²) in [5.74, 6) is -0.682. The van der Waals surface area contributed by atoms with Gasteiger partial charge in [0.2, 0.25) is 0 Å². The molecule has 0 aromatic heterocycles. The van der Waals surface area contributed by atoms with Crippen LogP contribution < -0.4 is 0 Å². The number of carboxylic acid groups (broad SMARTS) is 1. The Kier molecular flexibility index (Phi) is 3.73. The first-order chi connectivity index (χ1) is 8.04. The monoisotopic (exact) mass is 240 g/mol. The fraction of sp³-hybridized carbons (Fsp3) is 0.923. The molecule has 2 saturated heterocycles. The van der Waals surface area contributed by atoms with Crippen LogP contribution in [0.25, 0.3) is 0 Å². The van der Waals surface area contributed by atoms with E-state index in [2.05, 4.69) is 23.6 Å². The Labute approximate surface area is 104 Å². The summed E-state index contributed by atoms with van der Waals surface area (Å²) in [6.07, 6.45) is 2.80. The van der Waals surface area contributed by atoms with Crippen molar-refractivity contribution in [3.63, 3.8) is 0 Å². The van der Waals surface area contributed by atoms with Crippen LogP contribution in [0.4, 0.5) is 0 Å². The molecule has 0 aliphatic carbocycles. The van der Waals surface area contributed by atoms with Gasteiger partial charge < -0.3 is 10.0 Å². The highest BCUT2D eigenvalue weighted by Gasteiger charge is 2.47. The number of aliphatic carboxylic acids is 1. The summed E-state index contributed by atoms with van der Waals surface area (Å²) in [6, 6.07) is 0.697. The number of rotatable bonds is 5. The lowest BCUT2D eigenvalue weighted by molar-refractivity contribution is -0.138. The van der Waals surface area contributed by atoms with Gasteiger partial charge in [-0.1, -0.05) is 6.92 Å². The van der Waals surface area contributed by atoms with E-state index in [-0.39, 0.29) is 6.42 Å². The smallest absolute Gasteiger partial charge is 0.304 e. The van der Waals surface area contributed by atoms with Crippen molar-refractivity contribution >= 4 is 5.97 Å². The van der Waals surface area contributed by atoms with Crippen molar-refractivity contribution in [1.82, 2.24) is 9.80 Å². The first-order valence-electron chi connectivity index (χ1n) is 6.73. The quantitative estimate of drug-likeness (QED) is 0.786. The van der Waals surface area contributed by atoms with Gasteiger partial charge in [0, 0.05) is 37.6 Å². The fourth-order valence-electron chi connectivity index (χ4n) is 3.18. The lowest BCUT2D eigenvalue weighted by atomic mass is 9.79. The largest absolute Gasteiger partial charge is 0.481 e. The number of likely N-dealkylation sites (tertiary alicyclic amines) is 2. The molecule has 98 valence electrons. The fourth-order valence-corrected chi connectivity index (χ4v) is 3.18. The van der Waals surface area contributed by atoms with Crippen molar-refractivity contribution in [3.05, 3.63) is 0 Å². The van der Waals surface area contributed by atoms with E-state index in [9.17, 15) is 4.79 Å². The molecule has 4 nitrogen and oxygen atoms in total. The van der Waals surface area contributed by atoms with Gasteiger partial charge in [-0.2, -0.15) is 0 Å². The Balaban J connectivity index is 1.73. The molecule has 0 aromatic rings. The average molecular weight is 240 g/mol. The van der Waals surface area contributed by atoms with Gasteiger partial charge in [-0.05, 0) is 26.3 Å². The van der Waals surface area contributed by atoms with Crippen molar-refractivity contribution in [3.8, 4) is 0 Å². The summed E-state index contributed by atoms with van der Waals surface area (Å²) in [6.45, 7) is 9.92. The summed E-state index contributed by atoms with van der Waals surface area (Å²) in [5, 5.41) is 8.65. The topological polar surface area (TPSA) is 43.8 Å². The third-order valence-corrected chi connectivity index (χ3v) is 4.44. The molecule has 1 atom stereocenters. The number of nitrogens with zero attached hydrogens (tertiary/aromatic N) is 2. The van der Waals surface area contributed by atoms with Crippen molar-refractivity contribution in [2.45, 2.75) is 39.2 Å². The van der Waals surface area contributed by atoms with Gasteiger partial charge in [0.15, 0.2) is 0 Å². The zero-order chi connectivity index (χ0) is 12.5. The summed E-state index contributed by atoms with van der Waals surface area (Å²) >= 11 is 0. The molecule has 4 heteroatoms. The standard InChI is InChI=1S/C13H24N2O2/c1-3-11(2)15-7-5-13(10-15)8-14(9-13)6-4-12(16)17/h11H,3-10H2,1-2H3,(H,16,17). The minimum atomic E-state index is -0.682. The molecule has 2 heterocycles. The van der Waals surface area contributed by atoms with Gasteiger partial charge in [0.25, 0.3) is 0 Å². The van der Waals surface area contributed by atoms with Crippen LogP contribution in [0.5, 0.6) is 0 Å². The molecule has 1 unspecified atom stereocenters. The number of carbonyl (C=O) groups is 1. The van der Waals surface area contributed by atoms with E-state index in [1.54, 1.807) is 0 Å². The molecule has 1 spiro atoms. The van der Waals surface area contributed by atoms with Crippen LogP contribution in [0, 0.1) is 5.41 Å². The Morgan fingerprint density at radius 2 is 2.12 bits per heavy atom. The van der Waals surface area contributed by atoms with Crippen LogP contribution >= 0.6 is 0 Å². The molecule has 0 amide bonds. The summed E-state index contributed by atoms with van der Waals surface area (Å²) in [5.41, 5.74) is 0.488. The van der Waals surface area contributed by atoms with Crippen molar-refractivity contribution in [1.29, 1.82) is 0 Å². The third kappa shape index (κ3) is 2.80. The maximum atomic E-state index is 10.5. The number of carboxylic acids is 1.